The van der Waals surface area contributed by atoms with Gasteiger partial charge in [0.1, 0.15) is 0 Å². The van der Waals surface area contributed by atoms with Crippen LogP contribution in [0.5, 0.6) is 0 Å². The molecule has 3 N–H and O–H groups in total. The number of nitrogens with two attached hydrogens (primary N) is 1. The van der Waals surface area contributed by atoms with Crippen molar-refractivity contribution < 1.29 is 9.53 Å². The van der Waals surface area contributed by atoms with Crippen molar-refractivity contribution in [3.63, 3.8) is 0 Å². The van der Waals surface area contributed by atoms with Gasteiger partial charge in [0.15, 0.2) is 0 Å². The molecule has 1 aromatic rings. The van der Waals surface area contributed by atoms with E-state index in [-0.39, 0.29) is 11.5 Å². The van der Waals surface area contributed by atoms with Crippen molar-refractivity contribution in [3.8, 4) is 0 Å². The van der Waals surface area contributed by atoms with Crippen LogP contribution in [0.3, 0.4) is 0 Å². The molecule has 0 saturated carbocycles. The summed E-state index contributed by atoms with van der Waals surface area (Å²) in [5.41, 5.74) is 6.46. The van der Waals surface area contributed by atoms with Gasteiger partial charge in [-0.3, -0.25) is 4.79 Å². The van der Waals surface area contributed by atoms with Crippen molar-refractivity contribution in [2.45, 2.75) is 26.4 Å². The van der Waals surface area contributed by atoms with Gasteiger partial charge in [-0.15, -0.1) is 0 Å². The quantitative estimate of drug-likeness (QED) is 0.821. The fraction of sp³-hybridized carbons (Fsp3) is 0.462. The summed E-state index contributed by atoms with van der Waals surface area (Å²) < 4.78 is 6.30. The van der Waals surface area contributed by atoms with Crippen molar-refractivity contribution in [2.24, 2.45) is 0 Å². The lowest BCUT2D eigenvalue weighted by atomic mass is 10.1. The Morgan fingerprint density at radius 3 is 2.72 bits per heavy atom. The molecule has 0 atom stereocenters. The number of hydrogen-bond acceptors (Lipinski definition) is 3. The Morgan fingerprint density at radius 2 is 2.17 bits per heavy atom. The normalized spacial score (nSPS) is 11.3. The minimum Gasteiger partial charge on any atom is -0.398 e. The van der Waals surface area contributed by atoms with E-state index in [4.69, 9.17) is 10.5 Å². The van der Waals surface area contributed by atoms with Gasteiger partial charge in [-0.05, 0) is 54.9 Å². The summed E-state index contributed by atoms with van der Waals surface area (Å²) in [4.78, 5) is 11.9. The third-order valence-electron chi connectivity index (χ3n) is 2.47. The van der Waals surface area contributed by atoms with E-state index in [0.717, 1.165) is 4.47 Å². The number of rotatable bonds is 5. The van der Waals surface area contributed by atoms with Crippen LogP contribution < -0.4 is 11.1 Å². The van der Waals surface area contributed by atoms with Crippen LogP contribution in [0.15, 0.2) is 22.7 Å². The molecule has 0 unspecified atom stereocenters. The maximum Gasteiger partial charge on any atom is 0.251 e. The Bertz CT molecular complexity index is 433. The first-order valence-corrected chi connectivity index (χ1v) is 6.62. The Morgan fingerprint density at radius 1 is 1.50 bits per heavy atom. The highest BCUT2D eigenvalue weighted by Gasteiger charge is 2.19. The maximum atomic E-state index is 11.9. The lowest BCUT2D eigenvalue weighted by Gasteiger charge is -2.24. The summed E-state index contributed by atoms with van der Waals surface area (Å²) in [5, 5.41) is 2.84. The molecule has 5 heteroatoms. The van der Waals surface area contributed by atoms with E-state index in [9.17, 15) is 4.79 Å². The van der Waals surface area contributed by atoms with Crippen molar-refractivity contribution >= 4 is 27.5 Å². The highest BCUT2D eigenvalue weighted by Crippen LogP contribution is 2.20. The topological polar surface area (TPSA) is 64.3 Å². The van der Waals surface area contributed by atoms with Gasteiger partial charge in [-0.2, -0.15) is 0 Å². The zero-order chi connectivity index (χ0) is 13.8. The average Bonchev–Trinajstić information content (AvgIpc) is 2.30. The van der Waals surface area contributed by atoms with Crippen LogP contribution in [-0.4, -0.2) is 24.7 Å². The summed E-state index contributed by atoms with van der Waals surface area (Å²) in [6.07, 6.45) is 0. The highest BCUT2D eigenvalue weighted by atomic mass is 79.9. The fourth-order valence-electron chi connectivity index (χ4n) is 1.52. The standard InChI is InChI=1S/C13H19BrN2O2/c1-4-18-13(2,3)8-16-12(17)9-5-6-10(14)11(15)7-9/h5-7H,4,8,15H2,1-3H3,(H,16,17). The molecule has 0 aliphatic rings. The zero-order valence-corrected chi connectivity index (χ0v) is 12.5. The first-order valence-electron chi connectivity index (χ1n) is 5.83. The SMILES string of the molecule is CCOC(C)(C)CNC(=O)c1ccc(Br)c(N)c1. The Labute approximate surface area is 116 Å². The minimum atomic E-state index is -0.370. The van der Waals surface area contributed by atoms with Crippen LogP contribution >= 0.6 is 15.9 Å². The number of nitrogens with one attached hydrogen (secondary N) is 1. The maximum absolute atomic E-state index is 11.9. The fourth-order valence-corrected chi connectivity index (χ4v) is 1.77. The molecule has 0 bridgehead atoms. The van der Waals surface area contributed by atoms with Crippen LogP contribution in [0.1, 0.15) is 31.1 Å². The molecule has 0 fully saturated rings. The Hall–Kier alpha value is -1.07. The largest absolute Gasteiger partial charge is 0.398 e. The summed E-state index contributed by atoms with van der Waals surface area (Å²) >= 11 is 3.29. The van der Waals surface area contributed by atoms with E-state index in [1.165, 1.54) is 0 Å². The molecular formula is C13H19BrN2O2. The van der Waals surface area contributed by atoms with Crippen LogP contribution in [0.4, 0.5) is 5.69 Å². The second-order valence-electron chi connectivity index (χ2n) is 4.61. The van der Waals surface area contributed by atoms with E-state index in [0.29, 0.717) is 24.4 Å². The molecular weight excluding hydrogens is 296 g/mol. The van der Waals surface area contributed by atoms with Gasteiger partial charge >= 0.3 is 0 Å². The van der Waals surface area contributed by atoms with Crippen molar-refractivity contribution in [1.82, 2.24) is 5.32 Å². The van der Waals surface area contributed by atoms with Crippen molar-refractivity contribution in [2.75, 3.05) is 18.9 Å². The molecule has 0 spiro atoms. The second-order valence-corrected chi connectivity index (χ2v) is 5.47. The number of nitrogen functional groups attached to an aromatic ring is 1. The molecule has 1 rings (SSSR count). The predicted molar refractivity (Wildman–Crippen MR) is 76.6 cm³/mol. The third kappa shape index (κ3) is 4.31. The lowest BCUT2D eigenvalue weighted by Crippen LogP contribution is -2.40. The molecule has 0 aliphatic carbocycles. The number of anilines is 1. The summed E-state index contributed by atoms with van der Waals surface area (Å²) in [6, 6.07) is 5.13. The minimum absolute atomic E-state index is 0.151. The van der Waals surface area contributed by atoms with Gasteiger partial charge < -0.3 is 15.8 Å². The molecule has 0 aliphatic heterocycles. The van der Waals surface area contributed by atoms with E-state index in [1.807, 2.05) is 20.8 Å². The number of ether oxygens (including phenoxy) is 1. The summed E-state index contributed by atoms with van der Waals surface area (Å²) in [5.74, 6) is -0.151. The monoisotopic (exact) mass is 314 g/mol. The first kappa shape index (κ1) is 15.0. The van der Waals surface area contributed by atoms with Gasteiger partial charge in [0, 0.05) is 28.9 Å². The van der Waals surface area contributed by atoms with Crippen LogP contribution in [0.2, 0.25) is 0 Å². The third-order valence-corrected chi connectivity index (χ3v) is 3.19. The predicted octanol–water partition coefficient (Wildman–Crippen LogP) is 2.58. The van der Waals surface area contributed by atoms with E-state index in [1.54, 1.807) is 18.2 Å². The smallest absolute Gasteiger partial charge is 0.251 e. The molecule has 0 saturated heterocycles. The number of hydrogen-bond donors (Lipinski definition) is 2. The average molecular weight is 315 g/mol. The van der Waals surface area contributed by atoms with Gasteiger partial charge in [-0.25, -0.2) is 0 Å². The van der Waals surface area contributed by atoms with E-state index >= 15 is 0 Å². The zero-order valence-electron chi connectivity index (χ0n) is 10.9. The van der Waals surface area contributed by atoms with Crippen molar-refractivity contribution in [1.29, 1.82) is 0 Å². The van der Waals surface area contributed by atoms with Gasteiger partial charge in [0.25, 0.3) is 5.91 Å². The number of amides is 1. The van der Waals surface area contributed by atoms with Gasteiger partial charge in [-0.1, -0.05) is 0 Å². The first-order chi connectivity index (χ1) is 8.35. The molecule has 1 aromatic carbocycles. The second kappa shape index (κ2) is 6.20. The summed E-state index contributed by atoms with van der Waals surface area (Å²) in [7, 11) is 0. The Kier molecular flexibility index (Phi) is 5.16. The molecule has 0 heterocycles. The number of benzene rings is 1. The van der Waals surface area contributed by atoms with Crippen LogP contribution in [-0.2, 0) is 4.74 Å². The number of halogens is 1. The molecule has 4 nitrogen and oxygen atoms in total. The van der Waals surface area contributed by atoms with Crippen LogP contribution in [0, 0.1) is 0 Å². The number of carbonyl (C=O) groups is 1. The van der Waals surface area contributed by atoms with Gasteiger partial charge in [0.05, 0.1) is 5.60 Å². The molecule has 18 heavy (non-hydrogen) atoms. The Balaban J connectivity index is 2.63. The van der Waals surface area contributed by atoms with E-state index in [2.05, 4.69) is 21.2 Å². The number of carbonyl (C=O) groups excluding carboxylic acids is 1. The van der Waals surface area contributed by atoms with E-state index < -0.39 is 0 Å². The molecule has 100 valence electrons. The van der Waals surface area contributed by atoms with Crippen molar-refractivity contribution in [3.05, 3.63) is 28.2 Å². The van der Waals surface area contributed by atoms with Crippen LogP contribution in [0.25, 0.3) is 0 Å². The highest BCUT2D eigenvalue weighted by molar-refractivity contribution is 9.10. The summed E-state index contributed by atoms with van der Waals surface area (Å²) in [6.45, 7) is 6.88. The lowest BCUT2D eigenvalue weighted by molar-refractivity contribution is -0.00815. The molecule has 1 amide bonds. The van der Waals surface area contributed by atoms with Gasteiger partial charge in [0.2, 0.25) is 0 Å². The molecule has 0 radical (unpaired) electrons. The molecule has 0 aromatic heterocycles.